The van der Waals surface area contributed by atoms with Gasteiger partial charge in [-0.2, -0.15) is 0 Å². The van der Waals surface area contributed by atoms with E-state index in [1.165, 1.54) is 0 Å². The third-order valence-electron chi connectivity index (χ3n) is 2.74. The van der Waals surface area contributed by atoms with E-state index in [1.54, 1.807) is 11.2 Å². The van der Waals surface area contributed by atoms with E-state index in [4.69, 9.17) is 19.0 Å². The molecule has 0 saturated carbocycles. The molecule has 0 aromatic carbocycles. The normalized spacial score (nSPS) is 37.5. The summed E-state index contributed by atoms with van der Waals surface area (Å²) in [6, 6.07) is 0. The first-order valence-corrected chi connectivity index (χ1v) is 9.09. The lowest BCUT2D eigenvalue weighted by molar-refractivity contribution is 0.00858. The molecule has 16 heavy (non-hydrogen) atoms. The van der Waals surface area contributed by atoms with E-state index >= 15 is 0 Å². The van der Waals surface area contributed by atoms with Crippen LogP contribution in [0.15, 0.2) is 0 Å². The van der Waals surface area contributed by atoms with Gasteiger partial charge in [0, 0.05) is 31.4 Å². The van der Waals surface area contributed by atoms with Crippen LogP contribution in [0.2, 0.25) is 0 Å². The molecule has 7 heteroatoms. The average molecular weight is 264 g/mol. The number of nitrogens with zero attached hydrogens (tertiary/aromatic N) is 1. The Kier molecular flexibility index (Phi) is 4.65. The molecule has 3 rings (SSSR count). The molecule has 3 fully saturated rings. The molecule has 3 saturated heterocycles. The Morgan fingerprint density at radius 1 is 1.19 bits per heavy atom. The Bertz CT molecular complexity index is 208. The minimum atomic E-state index is -2.50. The minimum absolute atomic E-state index is 0.321. The molecular weight excluding hydrogens is 244 g/mol. The second kappa shape index (κ2) is 5.81. The molecular formula is C9H20N2O3SSi. The van der Waals surface area contributed by atoms with Crippen molar-refractivity contribution in [2.45, 2.75) is 12.2 Å². The van der Waals surface area contributed by atoms with Crippen molar-refractivity contribution in [2.75, 3.05) is 46.0 Å². The summed E-state index contributed by atoms with van der Waals surface area (Å²) in [5.41, 5.74) is 5.65. The van der Waals surface area contributed by atoms with Crippen LogP contribution in [0.5, 0.6) is 0 Å². The van der Waals surface area contributed by atoms with Gasteiger partial charge in [0.2, 0.25) is 0 Å². The molecule has 1 atom stereocenters. The molecule has 1 unspecified atom stereocenters. The Hall–Kier alpha value is 0.367. The zero-order valence-corrected chi connectivity index (χ0v) is 11.5. The maximum Gasteiger partial charge on any atom is 0.573 e. The topological polar surface area (TPSA) is 57.0 Å². The zero-order valence-electron chi connectivity index (χ0n) is 9.68. The third-order valence-corrected chi connectivity index (χ3v) is 8.43. The Morgan fingerprint density at radius 3 is 2.12 bits per heavy atom. The number of hydrogen-bond acceptors (Lipinski definition) is 6. The highest BCUT2D eigenvalue weighted by Gasteiger charge is 2.46. The summed E-state index contributed by atoms with van der Waals surface area (Å²) in [5.74, 6) is 0. The lowest BCUT2D eigenvalue weighted by atomic mass is 10.4. The molecule has 2 bridgehead atoms. The van der Waals surface area contributed by atoms with Gasteiger partial charge >= 0.3 is 7.95 Å². The Labute approximate surface area is 102 Å². The SMILES string of the molecule is CC(CN)S[Si]12OCCN(CCO1)CCO2. The van der Waals surface area contributed by atoms with Crippen molar-refractivity contribution in [3.8, 4) is 0 Å². The molecule has 0 aromatic heterocycles. The maximum absolute atomic E-state index is 5.87. The highest BCUT2D eigenvalue weighted by molar-refractivity contribution is 8.27. The molecule has 0 aliphatic carbocycles. The summed E-state index contributed by atoms with van der Waals surface area (Å²) in [4.78, 5) is 2.31. The van der Waals surface area contributed by atoms with Crippen LogP contribution < -0.4 is 5.73 Å². The van der Waals surface area contributed by atoms with E-state index < -0.39 is 7.95 Å². The third kappa shape index (κ3) is 3.19. The maximum atomic E-state index is 5.87. The Morgan fingerprint density at radius 2 is 1.69 bits per heavy atom. The van der Waals surface area contributed by atoms with Gasteiger partial charge in [-0.05, 0) is 0 Å². The minimum Gasteiger partial charge on any atom is -0.364 e. The van der Waals surface area contributed by atoms with Crippen LogP contribution in [-0.2, 0) is 13.3 Å². The molecule has 0 radical (unpaired) electrons. The van der Waals surface area contributed by atoms with Gasteiger partial charge in [-0.15, -0.1) is 0 Å². The fraction of sp³-hybridized carbons (Fsp3) is 1.00. The second-order valence-corrected chi connectivity index (χ2v) is 9.16. The lowest BCUT2D eigenvalue weighted by Gasteiger charge is -2.38. The van der Waals surface area contributed by atoms with Gasteiger partial charge in [-0.3, -0.25) is 4.90 Å². The summed E-state index contributed by atoms with van der Waals surface area (Å²) in [7, 11) is -2.50. The highest BCUT2D eigenvalue weighted by atomic mass is 32.4. The smallest absolute Gasteiger partial charge is 0.364 e. The van der Waals surface area contributed by atoms with E-state index in [0.29, 0.717) is 31.6 Å². The number of fused-ring (bicyclic) bond motifs is 6. The second-order valence-electron chi connectivity index (χ2n) is 4.05. The van der Waals surface area contributed by atoms with Crippen LogP contribution in [0.1, 0.15) is 6.92 Å². The summed E-state index contributed by atoms with van der Waals surface area (Å²) in [5, 5.41) is 0.321. The fourth-order valence-corrected chi connectivity index (χ4v) is 6.95. The first kappa shape index (κ1) is 12.8. The van der Waals surface area contributed by atoms with Crippen LogP contribution in [0.3, 0.4) is 0 Å². The predicted molar refractivity (Wildman–Crippen MR) is 66.2 cm³/mol. The molecule has 5 nitrogen and oxygen atoms in total. The average Bonchev–Trinajstić information content (AvgIpc) is 2.19. The standard InChI is InChI=1S/C9H20N2O3SSi/c1-9(8-10)15-16-12-5-2-11(3-6-13-16)4-7-14-16/h9H,2-8,10H2,1H3. The van der Waals surface area contributed by atoms with E-state index in [9.17, 15) is 0 Å². The number of nitrogens with two attached hydrogens (primary N) is 1. The van der Waals surface area contributed by atoms with Crippen LogP contribution in [-0.4, -0.2) is 64.1 Å². The van der Waals surface area contributed by atoms with Crippen molar-refractivity contribution < 1.29 is 13.3 Å². The molecule has 3 aliphatic heterocycles. The molecule has 94 valence electrons. The van der Waals surface area contributed by atoms with Gasteiger partial charge in [-0.25, -0.2) is 0 Å². The monoisotopic (exact) mass is 264 g/mol. The van der Waals surface area contributed by atoms with Crippen LogP contribution in [0, 0.1) is 0 Å². The molecule has 3 heterocycles. The van der Waals surface area contributed by atoms with E-state index in [1.807, 2.05) is 0 Å². The van der Waals surface area contributed by atoms with Crippen molar-refractivity contribution in [1.29, 1.82) is 0 Å². The summed E-state index contributed by atoms with van der Waals surface area (Å²) < 4.78 is 17.6. The van der Waals surface area contributed by atoms with Crippen molar-refractivity contribution >= 4 is 19.2 Å². The van der Waals surface area contributed by atoms with Crippen molar-refractivity contribution in [3.05, 3.63) is 0 Å². The molecule has 0 amide bonds. The quantitative estimate of drug-likeness (QED) is 0.717. The van der Waals surface area contributed by atoms with Crippen LogP contribution >= 0.6 is 11.2 Å². The Balaban J connectivity index is 2.02. The predicted octanol–water partition coefficient (Wildman–Crippen LogP) is -0.119. The van der Waals surface area contributed by atoms with Gasteiger partial charge in [0.1, 0.15) is 0 Å². The van der Waals surface area contributed by atoms with E-state index in [2.05, 4.69) is 11.8 Å². The lowest BCUT2D eigenvalue weighted by Crippen LogP contribution is -2.54. The highest BCUT2D eigenvalue weighted by Crippen LogP contribution is 2.30. The fourth-order valence-electron chi connectivity index (χ4n) is 1.76. The summed E-state index contributed by atoms with van der Waals surface area (Å²) in [6.45, 7) is 7.79. The first-order valence-electron chi connectivity index (χ1n) is 5.76. The first-order chi connectivity index (χ1) is 7.74. The molecule has 2 N–H and O–H groups in total. The van der Waals surface area contributed by atoms with Gasteiger partial charge in [-0.1, -0.05) is 18.1 Å². The van der Waals surface area contributed by atoms with Crippen molar-refractivity contribution in [2.24, 2.45) is 5.73 Å². The van der Waals surface area contributed by atoms with Gasteiger partial charge in [0.15, 0.2) is 0 Å². The molecule has 0 spiro atoms. The van der Waals surface area contributed by atoms with Gasteiger partial charge in [0.25, 0.3) is 0 Å². The number of hydrogen-bond donors (Lipinski definition) is 1. The van der Waals surface area contributed by atoms with Crippen molar-refractivity contribution in [1.82, 2.24) is 4.90 Å². The summed E-state index contributed by atoms with van der Waals surface area (Å²) in [6.07, 6.45) is 0. The van der Waals surface area contributed by atoms with E-state index in [0.717, 1.165) is 19.6 Å². The largest absolute Gasteiger partial charge is 0.573 e. The number of rotatable bonds is 3. The van der Waals surface area contributed by atoms with E-state index in [-0.39, 0.29) is 0 Å². The van der Waals surface area contributed by atoms with Crippen LogP contribution in [0.25, 0.3) is 0 Å². The van der Waals surface area contributed by atoms with Gasteiger partial charge in [0.05, 0.1) is 19.8 Å². The molecule has 0 aromatic rings. The van der Waals surface area contributed by atoms with Crippen molar-refractivity contribution in [3.63, 3.8) is 0 Å². The van der Waals surface area contributed by atoms with Crippen LogP contribution in [0.4, 0.5) is 0 Å². The zero-order chi connectivity index (χ0) is 11.4. The summed E-state index contributed by atoms with van der Waals surface area (Å²) >= 11 is 1.67. The molecule has 3 aliphatic rings. The van der Waals surface area contributed by atoms with Gasteiger partial charge < -0.3 is 19.0 Å².